The summed E-state index contributed by atoms with van der Waals surface area (Å²) in [6.45, 7) is 1.79. The molecule has 0 aromatic rings. The third kappa shape index (κ3) is 2.45. The van der Waals surface area contributed by atoms with Gasteiger partial charge in [0, 0.05) is 13.5 Å². The van der Waals surface area contributed by atoms with Crippen molar-refractivity contribution in [3.8, 4) is 6.07 Å². The van der Waals surface area contributed by atoms with Gasteiger partial charge in [-0.2, -0.15) is 5.26 Å². The number of nitriles is 1. The van der Waals surface area contributed by atoms with E-state index in [4.69, 9.17) is 5.26 Å². The van der Waals surface area contributed by atoms with E-state index >= 15 is 0 Å². The monoisotopic (exact) mass is 274 g/mol. The molecule has 20 heavy (non-hydrogen) atoms. The lowest BCUT2D eigenvalue weighted by Gasteiger charge is -2.54. The normalized spacial score (nSPS) is 39.4. The zero-order valence-corrected chi connectivity index (χ0v) is 12.7. The van der Waals surface area contributed by atoms with Gasteiger partial charge in [0.2, 0.25) is 5.91 Å². The molecule has 1 atom stereocenters. The topological polar surface area (TPSA) is 44.1 Å². The fraction of sp³-hybridized carbons (Fsp3) is 0.882. The Morgan fingerprint density at radius 1 is 1.20 bits per heavy atom. The van der Waals surface area contributed by atoms with E-state index < -0.39 is 0 Å². The van der Waals surface area contributed by atoms with Crippen molar-refractivity contribution in [2.75, 3.05) is 7.05 Å². The zero-order valence-electron chi connectivity index (χ0n) is 12.7. The fourth-order valence-electron chi connectivity index (χ4n) is 5.28. The number of nitrogens with zero attached hydrogens (tertiary/aromatic N) is 2. The summed E-state index contributed by atoms with van der Waals surface area (Å²) in [4.78, 5) is 13.8. The molecule has 4 aliphatic rings. The quantitative estimate of drug-likeness (QED) is 0.790. The fourth-order valence-corrected chi connectivity index (χ4v) is 5.28. The summed E-state index contributed by atoms with van der Waals surface area (Å²) in [5.41, 5.74) is 0. The molecule has 0 heterocycles. The number of hydrogen-bond acceptors (Lipinski definition) is 2. The molecular weight excluding hydrogens is 248 g/mol. The molecule has 0 spiro atoms. The van der Waals surface area contributed by atoms with Gasteiger partial charge in [-0.25, -0.2) is 0 Å². The maximum Gasteiger partial charge on any atom is 0.223 e. The van der Waals surface area contributed by atoms with Gasteiger partial charge in [-0.1, -0.05) is 0 Å². The predicted octanol–water partition coefficient (Wildman–Crippen LogP) is 3.21. The van der Waals surface area contributed by atoms with Crippen LogP contribution in [0.2, 0.25) is 0 Å². The van der Waals surface area contributed by atoms with E-state index in [1.807, 2.05) is 0 Å². The van der Waals surface area contributed by atoms with E-state index in [-0.39, 0.29) is 11.9 Å². The summed E-state index contributed by atoms with van der Waals surface area (Å²) in [6, 6.07) is 1.84. The summed E-state index contributed by atoms with van der Waals surface area (Å²) < 4.78 is 0. The van der Waals surface area contributed by atoms with Gasteiger partial charge in [0.15, 0.2) is 0 Å². The van der Waals surface area contributed by atoms with Gasteiger partial charge in [-0.3, -0.25) is 4.79 Å². The highest BCUT2D eigenvalue weighted by Crippen LogP contribution is 2.57. The second kappa shape index (κ2) is 5.39. The Labute approximate surface area is 122 Å². The maximum atomic E-state index is 12.2. The van der Waals surface area contributed by atoms with E-state index in [1.165, 1.54) is 32.1 Å². The first-order valence-electron chi connectivity index (χ1n) is 8.23. The maximum absolute atomic E-state index is 12.2. The van der Waals surface area contributed by atoms with E-state index in [0.29, 0.717) is 6.42 Å². The molecule has 0 aliphatic heterocycles. The Kier molecular flexibility index (Phi) is 3.75. The van der Waals surface area contributed by atoms with Crippen molar-refractivity contribution in [3.05, 3.63) is 0 Å². The molecule has 4 rings (SSSR count). The van der Waals surface area contributed by atoms with E-state index in [0.717, 1.165) is 36.0 Å². The summed E-state index contributed by atoms with van der Waals surface area (Å²) in [5.74, 6) is 4.75. The Balaban J connectivity index is 1.54. The molecule has 3 heteroatoms. The average molecular weight is 274 g/mol. The van der Waals surface area contributed by atoms with Gasteiger partial charge < -0.3 is 4.90 Å². The van der Waals surface area contributed by atoms with Gasteiger partial charge in [-0.15, -0.1) is 0 Å². The van der Waals surface area contributed by atoms with Crippen molar-refractivity contribution in [3.63, 3.8) is 0 Å². The Morgan fingerprint density at radius 2 is 1.75 bits per heavy atom. The summed E-state index contributed by atoms with van der Waals surface area (Å²) in [7, 11) is 1.76. The lowest BCUT2D eigenvalue weighted by Crippen LogP contribution is -2.45. The summed E-state index contributed by atoms with van der Waals surface area (Å²) in [6.07, 6.45) is 8.88. The lowest BCUT2D eigenvalue weighted by molar-refractivity contribution is -0.132. The first kappa shape index (κ1) is 13.9. The van der Waals surface area contributed by atoms with Crippen molar-refractivity contribution < 1.29 is 4.79 Å². The van der Waals surface area contributed by atoms with Gasteiger partial charge in [0.1, 0.15) is 6.04 Å². The molecular formula is C17H26N2O. The summed E-state index contributed by atoms with van der Waals surface area (Å²) in [5, 5.41) is 8.89. The first-order valence-corrected chi connectivity index (χ1v) is 8.23. The molecule has 1 amide bonds. The SMILES string of the molecule is CC(C#N)N(C)C(=O)CCC1C2CC3CC(C2)CC1C3. The van der Waals surface area contributed by atoms with Gasteiger partial charge in [0.05, 0.1) is 6.07 Å². The zero-order chi connectivity index (χ0) is 14.3. The predicted molar refractivity (Wildman–Crippen MR) is 77.6 cm³/mol. The van der Waals surface area contributed by atoms with Crippen LogP contribution in [0, 0.1) is 40.9 Å². The van der Waals surface area contributed by atoms with Crippen molar-refractivity contribution in [1.29, 1.82) is 5.26 Å². The minimum atomic E-state index is -0.305. The van der Waals surface area contributed by atoms with Gasteiger partial charge in [0.25, 0.3) is 0 Å². The molecule has 0 radical (unpaired) electrons. The van der Waals surface area contributed by atoms with Crippen LogP contribution in [0.4, 0.5) is 0 Å². The largest absolute Gasteiger partial charge is 0.330 e. The second-order valence-electron chi connectivity index (χ2n) is 7.44. The molecule has 1 unspecified atom stereocenters. The highest BCUT2D eigenvalue weighted by molar-refractivity contribution is 5.76. The van der Waals surface area contributed by atoms with Crippen LogP contribution < -0.4 is 0 Å². The minimum Gasteiger partial charge on any atom is -0.330 e. The van der Waals surface area contributed by atoms with E-state index in [1.54, 1.807) is 18.9 Å². The van der Waals surface area contributed by atoms with E-state index in [9.17, 15) is 4.79 Å². The van der Waals surface area contributed by atoms with Crippen LogP contribution in [0.25, 0.3) is 0 Å². The first-order chi connectivity index (χ1) is 9.58. The second-order valence-corrected chi connectivity index (χ2v) is 7.44. The molecule has 0 aromatic heterocycles. The molecule has 4 bridgehead atoms. The standard InChI is InChI=1S/C17H26N2O/c1-11(10-18)19(2)17(20)4-3-16-14-6-12-5-13(8-14)9-15(16)7-12/h11-16H,3-9H2,1-2H3. The molecule has 0 aromatic carbocycles. The van der Waals surface area contributed by atoms with Gasteiger partial charge >= 0.3 is 0 Å². The molecule has 0 N–H and O–H groups in total. The molecule has 4 aliphatic carbocycles. The molecule has 0 saturated heterocycles. The number of carbonyl (C=O) groups is 1. The van der Waals surface area contributed by atoms with Crippen LogP contribution in [-0.2, 0) is 4.79 Å². The van der Waals surface area contributed by atoms with Crippen LogP contribution >= 0.6 is 0 Å². The lowest BCUT2D eigenvalue weighted by atomic mass is 9.51. The summed E-state index contributed by atoms with van der Waals surface area (Å²) >= 11 is 0. The Hall–Kier alpha value is -1.04. The van der Waals surface area contributed by atoms with Crippen molar-refractivity contribution in [2.45, 2.75) is 57.9 Å². The minimum absolute atomic E-state index is 0.146. The van der Waals surface area contributed by atoms with Crippen molar-refractivity contribution >= 4 is 5.91 Å². The number of amides is 1. The van der Waals surface area contributed by atoms with Crippen LogP contribution in [0.1, 0.15) is 51.9 Å². The van der Waals surface area contributed by atoms with Gasteiger partial charge in [-0.05, 0) is 75.0 Å². The molecule has 4 saturated carbocycles. The van der Waals surface area contributed by atoms with Crippen LogP contribution in [0.3, 0.4) is 0 Å². The van der Waals surface area contributed by atoms with Crippen LogP contribution in [-0.4, -0.2) is 23.9 Å². The van der Waals surface area contributed by atoms with Crippen molar-refractivity contribution in [1.82, 2.24) is 4.90 Å². The molecule has 3 nitrogen and oxygen atoms in total. The highest BCUT2D eigenvalue weighted by atomic mass is 16.2. The van der Waals surface area contributed by atoms with Crippen molar-refractivity contribution in [2.24, 2.45) is 29.6 Å². The highest BCUT2D eigenvalue weighted by Gasteiger charge is 2.47. The Morgan fingerprint density at radius 3 is 2.25 bits per heavy atom. The Bertz CT molecular complexity index is 397. The smallest absolute Gasteiger partial charge is 0.223 e. The van der Waals surface area contributed by atoms with Crippen LogP contribution in [0.5, 0.6) is 0 Å². The third-order valence-electron chi connectivity index (χ3n) is 6.27. The molecule has 4 fully saturated rings. The molecule has 110 valence electrons. The number of rotatable bonds is 4. The van der Waals surface area contributed by atoms with E-state index in [2.05, 4.69) is 6.07 Å². The number of carbonyl (C=O) groups excluding carboxylic acids is 1. The number of hydrogen-bond donors (Lipinski definition) is 0. The third-order valence-corrected chi connectivity index (χ3v) is 6.27. The van der Waals surface area contributed by atoms with Crippen LogP contribution in [0.15, 0.2) is 0 Å². The average Bonchev–Trinajstić information content (AvgIpc) is 2.43.